The van der Waals surface area contributed by atoms with Gasteiger partial charge in [0.25, 0.3) is 0 Å². The van der Waals surface area contributed by atoms with E-state index < -0.39 is 11.5 Å². The highest BCUT2D eigenvalue weighted by Gasteiger charge is 2.29. The van der Waals surface area contributed by atoms with E-state index in [-0.39, 0.29) is 29.2 Å². The molecule has 1 atom stereocenters. The van der Waals surface area contributed by atoms with E-state index in [1.807, 2.05) is 30.5 Å². The number of H-pyrrole nitrogens is 1. The SMILES string of the molecule is COc1cc([C@@H](CC(=O)NCCc2c[nH]c3ccccc23)c2c(O)c3ccccc3oc2=O)cc(OC)c1OC. The van der Waals surface area contributed by atoms with Gasteiger partial charge >= 0.3 is 5.63 Å². The highest BCUT2D eigenvalue weighted by Crippen LogP contribution is 2.43. The van der Waals surface area contributed by atoms with Crippen molar-refractivity contribution in [3.05, 3.63) is 94.0 Å². The van der Waals surface area contributed by atoms with Crippen LogP contribution < -0.4 is 25.2 Å². The van der Waals surface area contributed by atoms with Crippen molar-refractivity contribution in [2.75, 3.05) is 27.9 Å². The first kappa shape index (κ1) is 26.7. The molecule has 0 unspecified atom stereocenters. The number of fused-ring (bicyclic) bond motifs is 2. The van der Waals surface area contributed by atoms with E-state index in [1.54, 1.807) is 36.4 Å². The average molecular weight is 543 g/mol. The number of para-hydroxylation sites is 2. The molecule has 0 aliphatic rings. The molecule has 5 aromatic rings. The lowest BCUT2D eigenvalue weighted by Gasteiger charge is -2.21. The standard InChI is InChI=1S/C31H30N2O7/c1-37-25-14-19(15-26(38-2)30(25)39-3)22(28-29(35)21-9-5-7-11-24(21)40-31(28)36)16-27(34)32-13-12-18-17-33-23-10-6-4-8-20(18)23/h4-11,14-15,17,22,33,35H,12-13,16H2,1-3H3,(H,32,34)/t22-/m1/s1. The molecule has 0 aliphatic heterocycles. The van der Waals surface area contributed by atoms with Crippen molar-refractivity contribution in [2.24, 2.45) is 0 Å². The molecule has 0 saturated heterocycles. The Balaban J connectivity index is 1.49. The maximum atomic E-state index is 13.3. The van der Waals surface area contributed by atoms with Crippen LogP contribution in [0.3, 0.4) is 0 Å². The molecule has 0 fully saturated rings. The largest absolute Gasteiger partial charge is 0.507 e. The number of benzene rings is 3. The van der Waals surface area contributed by atoms with Crippen molar-refractivity contribution in [1.82, 2.24) is 10.3 Å². The molecule has 40 heavy (non-hydrogen) atoms. The van der Waals surface area contributed by atoms with Crippen molar-refractivity contribution in [3.8, 4) is 23.0 Å². The van der Waals surface area contributed by atoms with E-state index in [9.17, 15) is 14.7 Å². The lowest BCUT2D eigenvalue weighted by Crippen LogP contribution is -2.28. The fourth-order valence-electron chi connectivity index (χ4n) is 5.08. The topological polar surface area (TPSA) is 123 Å². The van der Waals surface area contributed by atoms with Crippen LogP contribution in [-0.2, 0) is 11.2 Å². The summed E-state index contributed by atoms with van der Waals surface area (Å²) in [6.07, 6.45) is 2.42. The number of rotatable bonds is 10. The first-order chi connectivity index (χ1) is 19.4. The van der Waals surface area contributed by atoms with Crippen molar-refractivity contribution in [3.63, 3.8) is 0 Å². The number of carbonyl (C=O) groups is 1. The van der Waals surface area contributed by atoms with Gasteiger partial charge in [-0.1, -0.05) is 30.3 Å². The minimum absolute atomic E-state index is 0.0280. The van der Waals surface area contributed by atoms with E-state index in [0.29, 0.717) is 41.2 Å². The molecule has 0 spiro atoms. The molecule has 0 aliphatic carbocycles. The normalized spacial score (nSPS) is 11.9. The summed E-state index contributed by atoms with van der Waals surface area (Å²) in [6, 6.07) is 18.0. The molecule has 2 heterocycles. The van der Waals surface area contributed by atoms with E-state index in [4.69, 9.17) is 18.6 Å². The van der Waals surface area contributed by atoms with Gasteiger partial charge in [0.1, 0.15) is 11.3 Å². The Kier molecular flexibility index (Phi) is 7.63. The van der Waals surface area contributed by atoms with Crippen molar-refractivity contribution < 1.29 is 28.5 Å². The Morgan fingerprint density at radius 3 is 2.35 bits per heavy atom. The summed E-state index contributed by atoms with van der Waals surface area (Å²) >= 11 is 0. The molecule has 9 nitrogen and oxygen atoms in total. The molecule has 0 radical (unpaired) electrons. The van der Waals surface area contributed by atoms with Gasteiger partial charge in [-0.15, -0.1) is 0 Å². The number of aromatic amines is 1. The smallest absolute Gasteiger partial charge is 0.343 e. The van der Waals surface area contributed by atoms with Gasteiger partial charge in [-0.05, 0) is 47.9 Å². The quantitative estimate of drug-likeness (QED) is 0.215. The molecule has 2 aromatic heterocycles. The van der Waals surface area contributed by atoms with Gasteiger partial charge in [0.2, 0.25) is 11.7 Å². The summed E-state index contributed by atoms with van der Waals surface area (Å²) in [6.45, 7) is 0.390. The van der Waals surface area contributed by atoms with Crippen LogP contribution in [0.2, 0.25) is 0 Å². The van der Waals surface area contributed by atoms with Gasteiger partial charge < -0.3 is 34.0 Å². The Bertz CT molecular complexity index is 1710. The predicted octanol–water partition coefficient (Wildman–Crippen LogP) is 4.89. The molecule has 5 rings (SSSR count). The zero-order valence-corrected chi connectivity index (χ0v) is 22.4. The second kappa shape index (κ2) is 11.4. The number of methoxy groups -OCH3 is 3. The van der Waals surface area contributed by atoms with Crippen molar-refractivity contribution in [2.45, 2.75) is 18.8 Å². The van der Waals surface area contributed by atoms with Crippen LogP contribution >= 0.6 is 0 Å². The fraction of sp³-hybridized carbons (Fsp3) is 0.226. The highest BCUT2D eigenvalue weighted by molar-refractivity contribution is 5.86. The third kappa shape index (κ3) is 5.05. The predicted molar refractivity (Wildman–Crippen MR) is 152 cm³/mol. The van der Waals surface area contributed by atoms with Crippen LogP contribution in [0.15, 0.2) is 76.1 Å². The summed E-state index contributed by atoms with van der Waals surface area (Å²) in [7, 11) is 4.45. The van der Waals surface area contributed by atoms with Crippen LogP contribution in [0.1, 0.15) is 29.0 Å². The number of aromatic hydroxyl groups is 1. The first-order valence-corrected chi connectivity index (χ1v) is 12.8. The summed E-state index contributed by atoms with van der Waals surface area (Å²) in [5, 5.41) is 15.7. The zero-order valence-electron chi connectivity index (χ0n) is 22.4. The van der Waals surface area contributed by atoms with Gasteiger partial charge in [-0.25, -0.2) is 4.79 Å². The van der Waals surface area contributed by atoms with Gasteiger partial charge in [0.15, 0.2) is 11.5 Å². The summed E-state index contributed by atoms with van der Waals surface area (Å²) in [4.78, 5) is 29.8. The van der Waals surface area contributed by atoms with E-state index in [1.165, 1.54) is 21.3 Å². The summed E-state index contributed by atoms with van der Waals surface area (Å²) in [5.41, 5.74) is 2.12. The van der Waals surface area contributed by atoms with Crippen molar-refractivity contribution >= 4 is 27.8 Å². The number of hydrogen-bond acceptors (Lipinski definition) is 7. The van der Waals surface area contributed by atoms with Gasteiger partial charge in [-0.2, -0.15) is 0 Å². The summed E-state index contributed by atoms with van der Waals surface area (Å²) in [5.74, 6) is -0.339. The molecule has 206 valence electrons. The minimum Gasteiger partial charge on any atom is -0.507 e. The average Bonchev–Trinajstić information content (AvgIpc) is 3.38. The van der Waals surface area contributed by atoms with E-state index >= 15 is 0 Å². The molecular formula is C31H30N2O7. The van der Waals surface area contributed by atoms with Crippen LogP contribution in [0.4, 0.5) is 0 Å². The number of ether oxygens (including phenoxy) is 3. The third-order valence-electron chi connectivity index (χ3n) is 7.04. The van der Waals surface area contributed by atoms with E-state index in [2.05, 4.69) is 10.3 Å². The van der Waals surface area contributed by atoms with Crippen LogP contribution in [-0.4, -0.2) is 43.9 Å². The lowest BCUT2D eigenvalue weighted by atomic mass is 9.87. The molecule has 0 bridgehead atoms. The molecular weight excluding hydrogens is 512 g/mol. The molecule has 9 heteroatoms. The number of hydrogen-bond donors (Lipinski definition) is 3. The van der Waals surface area contributed by atoms with E-state index in [0.717, 1.165) is 16.5 Å². The Labute approximate surface area is 230 Å². The molecule has 0 saturated carbocycles. The van der Waals surface area contributed by atoms with Crippen LogP contribution in [0.25, 0.3) is 21.9 Å². The molecule has 3 aromatic carbocycles. The number of aromatic nitrogens is 1. The second-order valence-electron chi connectivity index (χ2n) is 9.32. The Morgan fingerprint density at radius 1 is 0.975 bits per heavy atom. The third-order valence-corrected chi connectivity index (χ3v) is 7.04. The highest BCUT2D eigenvalue weighted by atomic mass is 16.5. The van der Waals surface area contributed by atoms with Crippen LogP contribution in [0.5, 0.6) is 23.0 Å². The molecule has 1 amide bonds. The number of carbonyl (C=O) groups excluding carboxylic acids is 1. The number of amides is 1. The Hall–Kier alpha value is -4.92. The lowest BCUT2D eigenvalue weighted by molar-refractivity contribution is -0.121. The Morgan fingerprint density at radius 2 is 1.65 bits per heavy atom. The first-order valence-electron chi connectivity index (χ1n) is 12.8. The second-order valence-corrected chi connectivity index (χ2v) is 9.32. The maximum absolute atomic E-state index is 13.3. The molecule has 3 N–H and O–H groups in total. The van der Waals surface area contributed by atoms with Gasteiger partial charge in [0.05, 0.1) is 32.3 Å². The van der Waals surface area contributed by atoms with Crippen LogP contribution in [0, 0.1) is 0 Å². The van der Waals surface area contributed by atoms with Crippen molar-refractivity contribution in [1.29, 1.82) is 0 Å². The summed E-state index contributed by atoms with van der Waals surface area (Å²) < 4.78 is 22.0. The van der Waals surface area contributed by atoms with Gasteiger partial charge in [-0.3, -0.25) is 4.79 Å². The zero-order chi connectivity index (χ0) is 28.2. The fourth-order valence-corrected chi connectivity index (χ4v) is 5.08. The number of nitrogens with one attached hydrogen (secondary N) is 2. The minimum atomic E-state index is -0.873. The maximum Gasteiger partial charge on any atom is 0.343 e. The van der Waals surface area contributed by atoms with Gasteiger partial charge in [0, 0.05) is 36.0 Å². The monoisotopic (exact) mass is 542 g/mol.